The molecule has 1 rings (SSSR count). The molecule has 0 aliphatic heterocycles. The number of nitrogens with two attached hydrogens (primary N) is 1. The van der Waals surface area contributed by atoms with E-state index in [0.29, 0.717) is 11.6 Å². The Morgan fingerprint density at radius 3 is 2.36 bits per heavy atom. The normalized spacial score (nSPS) is 11.5. The van der Waals surface area contributed by atoms with Crippen molar-refractivity contribution in [1.29, 1.82) is 0 Å². The molecule has 0 fully saturated rings. The van der Waals surface area contributed by atoms with Crippen LogP contribution in [-0.2, 0) is 0 Å². The van der Waals surface area contributed by atoms with E-state index < -0.39 is 0 Å². The van der Waals surface area contributed by atoms with E-state index in [2.05, 4.69) is 46.6 Å². The molecular formula is C20H38N3OP. The van der Waals surface area contributed by atoms with Crippen molar-refractivity contribution < 1.29 is 4.52 Å². The summed E-state index contributed by atoms with van der Waals surface area (Å²) in [5.41, 5.74) is 7.21. The van der Waals surface area contributed by atoms with Gasteiger partial charge in [0.2, 0.25) is 0 Å². The molecule has 0 aliphatic rings. The number of allylic oxidation sites excluding steroid dienone is 3. The van der Waals surface area contributed by atoms with Gasteiger partial charge in [-0.2, -0.15) is 0 Å². The molecule has 0 aromatic carbocycles. The summed E-state index contributed by atoms with van der Waals surface area (Å²) >= 11 is 0. The lowest BCUT2D eigenvalue weighted by molar-refractivity contribution is 0.413. The van der Waals surface area contributed by atoms with Gasteiger partial charge in [0.05, 0.1) is 5.56 Å². The smallest absolute Gasteiger partial charge is 0.174 e. The molecule has 0 aliphatic carbocycles. The van der Waals surface area contributed by atoms with Gasteiger partial charge in [0.25, 0.3) is 0 Å². The Balaban J connectivity index is 0. The summed E-state index contributed by atoms with van der Waals surface area (Å²) in [6, 6.07) is 0.731. The van der Waals surface area contributed by atoms with E-state index in [-0.39, 0.29) is 0 Å². The predicted octanol–water partition coefficient (Wildman–Crippen LogP) is 6.24. The highest BCUT2D eigenvalue weighted by Gasteiger charge is 2.11. The van der Waals surface area contributed by atoms with E-state index in [1.807, 2.05) is 26.8 Å². The number of aromatic nitrogens is 1. The molecule has 0 bridgehead atoms. The summed E-state index contributed by atoms with van der Waals surface area (Å²) in [7, 11) is 2.61. The van der Waals surface area contributed by atoms with Crippen LogP contribution >= 0.6 is 9.39 Å². The fourth-order valence-corrected chi connectivity index (χ4v) is 2.49. The standard InChI is InChI=1S/C10H12N2O.C8H20NP.C2H6/c1-4-6-7(3)9-8(5-2)10(11)12-13-9;1-3-5-7-8(9-10)6-4-2;1-2/h4-6H,1-2H2,3H3,(H2,11,12);8-9H,3-7,10H2,1-2H3;1-2H3/b7-6-;;. The van der Waals surface area contributed by atoms with Crippen LogP contribution < -0.4 is 10.8 Å². The first-order valence-corrected chi connectivity index (χ1v) is 9.76. The van der Waals surface area contributed by atoms with E-state index in [0.717, 1.165) is 17.2 Å². The zero-order chi connectivity index (χ0) is 19.7. The highest BCUT2D eigenvalue weighted by Crippen LogP contribution is 2.24. The highest BCUT2D eigenvalue weighted by atomic mass is 31.0. The summed E-state index contributed by atoms with van der Waals surface area (Å²) < 4.78 is 5.04. The monoisotopic (exact) mass is 367 g/mol. The Morgan fingerprint density at radius 1 is 1.28 bits per heavy atom. The summed E-state index contributed by atoms with van der Waals surface area (Å²) in [5, 5.41) is 6.90. The zero-order valence-electron chi connectivity index (χ0n) is 16.8. The van der Waals surface area contributed by atoms with Crippen molar-refractivity contribution in [3.05, 3.63) is 36.6 Å². The number of nitrogens with zero attached hydrogens (tertiary/aromatic N) is 1. The summed E-state index contributed by atoms with van der Waals surface area (Å²) in [5.74, 6) is 1.01. The SMILES string of the molecule is C=C/C=C(/C)c1onc(N)c1C=C.CC.CCCCC(CCC)NP. The highest BCUT2D eigenvalue weighted by molar-refractivity contribution is 7.13. The molecule has 1 aromatic heterocycles. The van der Waals surface area contributed by atoms with Crippen molar-refractivity contribution in [2.45, 2.75) is 72.8 Å². The number of anilines is 1. The molecule has 4 nitrogen and oxygen atoms in total. The first kappa shape index (κ1) is 25.9. The Bertz CT molecular complexity index is 495. The van der Waals surface area contributed by atoms with Crippen molar-refractivity contribution in [1.82, 2.24) is 10.2 Å². The average Bonchev–Trinajstić information content (AvgIpc) is 3.01. The van der Waals surface area contributed by atoms with Gasteiger partial charge < -0.3 is 10.3 Å². The largest absolute Gasteiger partial charge is 0.380 e. The maximum atomic E-state index is 5.56. The summed E-state index contributed by atoms with van der Waals surface area (Å²) in [4.78, 5) is 0. The molecule has 2 atom stereocenters. The molecule has 0 radical (unpaired) electrons. The third-order valence-electron chi connectivity index (χ3n) is 3.46. The summed E-state index contributed by atoms with van der Waals surface area (Å²) in [6.07, 6.45) is 11.7. The molecule has 0 saturated heterocycles. The maximum absolute atomic E-state index is 5.56. The molecule has 1 heterocycles. The predicted molar refractivity (Wildman–Crippen MR) is 117 cm³/mol. The zero-order valence-corrected chi connectivity index (χ0v) is 17.9. The van der Waals surface area contributed by atoms with Gasteiger partial charge in [-0.3, -0.25) is 5.09 Å². The third-order valence-corrected chi connectivity index (χ3v) is 3.94. The molecule has 144 valence electrons. The van der Waals surface area contributed by atoms with Crippen LogP contribution in [0.5, 0.6) is 0 Å². The van der Waals surface area contributed by atoms with E-state index in [1.165, 1.54) is 32.1 Å². The molecule has 0 amide bonds. The van der Waals surface area contributed by atoms with Gasteiger partial charge in [0.1, 0.15) is 0 Å². The molecule has 0 saturated carbocycles. The van der Waals surface area contributed by atoms with Crippen LogP contribution in [0.2, 0.25) is 0 Å². The number of rotatable bonds is 9. The second kappa shape index (κ2) is 17.4. The van der Waals surface area contributed by atoms with Crippen molar-refractivity contribution in [2.75, 3.05) is 5.73 Å². The van der Waals surface area contributed by atoms with Gasteiger partial charge in [0, 0.05) is 6.04 Å². The molecule has 0 spiro atoms. The first-order valence-electron chi connectivity index (χ1n) is 9.18. The molecule has 3 N–H and O–H groups in total. The minimum Gasteiger partial charge on any atom is -0.380 e. The van der Waals surface area contributed by atoms with E-state index in [1.54, 1.807) is 12.2 Å². The van der Waals surface area contributed by atoms with Crippen molar-refractivity contribution in [3.8, 4) is 0 Å². The fraction of sp³-hybridized carbons (Fsp3) is 0.550. The Morgan fingerprint density at radius 2 is 1.92 bits per heavy atom. The Kier molecular flexibility index (Phi) is 18.0. The lowest BCUT2D eigenvalue weighted by atomic mass is 10.1. The number of hydrogen-bond acceptors (Lipinski definition) is 4. The van der Waals surface area contributed by atoms with Crippen molar-refractivity contribution >= 4 is 26.9 Å². The lowest BCUT2D eigenvalue weighted by Crippen LogP contribution is -2.19. The van der Waals surface area contributed by atoms with E-state index >= 15 is 0 Å². The van der Waals surface area contributed by atoms with Crippen LogP contribution in [0.15, 0.2) is 29.8 Å². The molecule has 25 heavy (non-hydrogen) atoms. The quantitative estimate of drug-likeness (QED) is 0.400. The van der Waals surface area contributed by atoms with Crippen molar-refractivity contribution in [3.63, 3.8) is 0 Å². The van der Waals surface area contributed by atoms with Crippen LogP contribution in [0.4, 0.5) is 5.82 Å². The number of nitrogens with one attached hydrogen (secondary N) is 1. The van der Waals surface area contributed by atoms with Gasteiger partial charge in [-0.05, 0) is 25.3 Å². The van der Waals surface area contributed by atoms with E-state index in [4.69, 9.17) is 10.3 Å². The second-order valence-electron chi connectivity index (χ2n) is 5.39. The van der Waals surface area contributed by atoms with Crippen molar-refractivity contribution in [2.24, 2.45) is 0 Å². The van der Waals surface area contributed by atoms with Gasteiger partial charge >= 0.3 is 0 Å². The maximum Gasteiger partial charge on any atom is 0.174 e. The number of hydrogen-bond donors (Lipinski definition) is 2. The second-order valence-corrected chi connectivity index (χ2v) is 5.73. The van der Waals surface area contributed by atoms with Crippen LogP contribution in [0, 0.1) is 0 Å². The molecular weight excluding hydrogens is 329 g/mol. The molecule has 5 heteroatoms. The van der Waals surface area contributed by atoms with Gasteiger partial charge in [-0.25, -0.2) is 0 Å². The molecule has 1 aromatic rings. The Hall–Kier alpha value is -1.38. The minimum atomic E-state index is 0.363. The lowest BCUT2D eigenvalue weighted by Gasteiger charge is -2.13. The third kappa shape index (κ3) is 11.0. The number of unbranched alkanes of at least 4 members (excludes halogenated alkanes) is 1. The molecule has 2 unspecified atom stereocenters. The van der Waals surface area contributed by atoms with E-state index in [9.17, 15) is 0 Å². The van der Waals surface area contributed by atoms with Gasteiger partial charge in [0.15, 0.2) is 11.6 Å². The first-order chi connectivity index (χ1) is 12.0. The minimum absolute atomic E-state index is 0.363. The number of nitrogen functional groups attached to an aromatic ring is 1. The average molecular weight is 368 g/mol. The Labute approximate surface area is 157 Å². The van der Waals surface area contributed by atoms with Gasteiger partial charge in [-0.1, -0.05) is 92.9 Å². The van der Waals surface area contributed by atoms with Crippen LogP contribution in [0.1, 0.15) is 78.0 Å². The summed E-state index contributed by atoms with van der Waals surface area (Å²) in [6.45, 7) is 17.6. The van der Waals surface area contributed by atoms with Gasteiger partial charge in [-0.15, -0.1) is 0 Å². The topological polar surface area (TPSA) is 64.1 Å². The van der Waals surface area contributed by atoms with Crippen LogP contribution in [0.25, 0.3) is 11.6 Å². The van der Waals surface area contributed by atoms with Crippen LogP contribution in [-0.4, -0.2) is 11.2 Å². The van der Waals surface area contributed by atoms with Crippen LogP contribution in [0.3, 0.4) is 0 Å². The fourth-order valence-electron chi connectivity index (χ4n) is 2.15.